The summed E-state index contributed by atoms with van der Waals surface area (Å²) in [5.74, 6) is -0.284. The van der Waals surface area contributed by atoms with Crippen LogP contribution in [0.1, 0.15) is 18.9 Å². The van der Waals surface area contributed by atoms with Crippen molar-refractivity contribution in [1.82, 2.24) is 15.1 Å². The van der Waals surface area contributed by atoms with E-state index in [1.54, 1.807) is 6.20 Å². The number of piperidine rings is 1. The quantitative estimate of drug-likeness (QED) is 0.872. The van der Waals surface area contributed by atoms with Crippen LogP contribution in [0.25, 0.3) is 11.1 Å². The van der Waals surface area contributed by atoms with Crippen molar-refractivity contribution in [2.45, 2.75) is 18.9 Å². The third kappa shape index (κ3) is 2.46. The van der Waals surface area contributed by atoms with E-state index in [9.17, 15) is 9.50 Å². The molecule has 1 aliphatic rings. The Kier molecular flexibility index (Phi) is 3.21. The van der Waals surface area contributed by atoms with Gasteiger partial charge in [0.15, 0.2) is 0 Å². The van der Waals surface area contributed by atoms with Crippen molar-refractivity contribution in [2.75, 3.05) is 13.1 Å². The van der Waals surface area contributed by atoms with Gasteiger partial charge in [0.05, 0.1) is 12.2 Å². The Morgan fingerprint density at radius 3 is 2.89 bits per heavy atom. The molecule has 0 aliphatic carbocycles. The molecule has 0 unspecified atom stereocenters. The first-order valence-corrected chi connectivity index (χ1v) is 6.48. The second-order valence-electron chi connectivity index (χ2n) is 4.85. The average molecular weight is 261 g/mol. The van der Waals surface area contributed by atoms with Crippen LogP contribution in [-0.2, 0) is 0 Å². The molecule has 1 aromatic heterocycles. The van der Waals surface area contributed by atoms with Gasteiger partial charge in [-0.25, -0.2) is 4.39 Å². The lowest BCUT2D eigenvalue weighted by molar-refractivity contribution is 0.343. The second kappa shape index (κ2) is 5.01. The number of aromatic nitrogens is 2. The molecule has 0 radical (unpaired) electrons. The molecule has 100 valence electrons. The Morgan fingerprint density at radius 1 is 1.32 bits per heavy atom. The first-order chi connectivity index (χ1) is 9.24. The molecule has 4 nitrogen and oxygen atoms in total. The Balaban J connectivity index is 1.89. The van der Waals surface area contributed by atoms with Gasteiger partial charge in [0.1, 0.15) is 11.6 Å². The SMILES string of the molecule is Oc1ccc(F)c(-c2cnn(C3CCNCC3)c2)c1. The molecule has 0 saturated carbocycles. The summed E-state index contributed by atoms with van der Waals surface area (Å²) >= 11 is 0. The standard InChI is InChI=1S/C14H16FN3O/c15-14-2-1-12(19)7-13(14)10-8-17-18(9-10)11-3-5-16-6-4-11/h1-2,7-9,11,16,19H,3-6H2. The first-order valence-electron chi connectivity index (χ1n) is 6.48. The van der Waals surface area contributed by atoms with Crippen LogP contribution in [0.15, 0.2) is 30.6 Å². The smallest absolute Gasteiger partial charge is 0.131 e. The number of rotatable bonds is 2. The fourth-order valence-corrected chi connectivity index (χ4v) is 2.48. The maximum Gasteiger partial charge on any atom is 0.131 e. The number of hydrogen-bond acceptors (Lipinski definition) is 3. The number of aromatic hydroxyl groups is 1. The van der Waals surface area contributed by atoms with Crippen molar-refractivity contribution >= 4 is 0 Å². The van der Waals surface area contributed by atoms with Crippen molar-refractivity contribution in [3.63, 3.8) is 0 Å². The van der Waals surface area contributed by atoms with Crippen LogP contribution >= 0.6 is 0 Å². The van der Waals surface area contributed by atoms with Crippen LogP contribution in [-0.4, -0.2) is 28.0 Å². The minimum atomic E-state index is -0.345. The summed E-state index contributed by atoms with van der Waals surface area (Å²) in [4.78, 5) is 0. The minimum absolute atomic E-state index is 0.0611. The average Bonchev–Trinajstić information content (AvgIpc) is 2.92. The van der Waals surface area contributed by atoms with E-state index in [1.807, 2.05) is 10.9 Å². The molecule has 1 fully saturated rings. The molecular weight excluding hydrogens is 245 g/mol. The van der Waals surface area contributed by atoms with Gasteiger partial charge in [0.25, 0.3) is 0 Å². The van der Waals surface area contributed by atoms with Gasteiger partial charge in [-0.3, -0.25) is 4.68 Å². The Hall–Kier alpha value is -1.88. The van der Waals surface area contributed by atoms with Crippen molar-refractivity contribution in [3.05, 3.63) is 36.4 Å². The molecule has 1 aliphatic heterocycles. The normalized spacial score (nSPS) is 16.7. The summed E-state index contributed by atoms with van der Waals surface area (Å²) in [6.45, 7) is 1.97. The molecule has 0 spiro atoms. The van der Waals surface area contributed by atoms with Crippen molar-refractivity contribution in [1.29, 1.82) is 0 Å². The van der Waals surface area contributed by atoms with Gasteiger partial charge in [-0.05, 0) is 44.1 Å². The summed E-state index contributed by atoms with van der Waals surface area (Å²) in [5, 5.41) is 17.1. The van der Waals surface area contributed by atoms with E-state index in [4.69, 9.17) is 0 Å². The highest BCUT2D eigenvalue weighted by Gasteiger charge is 2.17. The largest absolute Gasteiger partial charge is 0.508 e. The predicted molar refractivity (Wildman–Crippen MR) is 70.4 cm³/mol. The number of halogens is 1. The van der Waals surface area contributed by atoms with E-state index in [2.05, 4.69) is 10.4 Å². The van der Waals surface area contributed by atoms with Gasteiger partial charge >= 0.3 is 0 Å². The van der Waals surface area contributed by atoms with E-state index in [-0.39, 0.29) is 11.6 Å². The van der Waals surface area contributed by atoms with Gasteiger partial charge in [0, 0.05) is 17.3 Å². The monoisotopic (exact) mass is 261 g/mol. The molecule has 0 amide bonds. The van der Waals surface area contributed by atoms with E-state index < -0.39 is 0 Å². The number of nitrogens with one attached hydrogen (secondary N) is 1. The maximum absolute atomic E-state index is 13.7. The second-order valence-corrected chi connectivity index (χ2v) is 4.85. The lowest BCUT2D eigenvalue weighted by atomic mass is 10.1. The van der Waals surface area contributed by atoms with Gasteiger partial charge in [-0.1, -0.05) is 0 Å². The molecule has 5 heteroatoms. The molecule has 0 bridgehead atoms. The van der Waals surface area contributed by atoms with Crippen LogP contribution < -0.4 is 5.32 Å². The third-order valence-corrected chi connectivity index (χ3v) is 3.55. The maximum atomic E-state index is 13.7. The number of nitrogens with zero attached hydrogens (tertiary/aromatic N) is 2. The highest BCUT2D eigenvalue weighted by Crippen LogP contribution is 2.28. The number of phenols is 1. The van der Waals surface area contributed by atoms with E-state index in [1.165, 1.54) is 18.2 Å². The van der Waals surface area contributed by atoms with Crippen LogP contribution in [0, 0.1) is 5.82 Å². The molecular formula is C14H16FN3O. The molecule has 0 atom stereocenters. The lowest BCUT2D eigenvalue weighted by Crippen LogP contribution is -2.29. The zero-order valence-corrected chi connectivity index (χ0v) is 10.5. The van der Waals surface area contributed by atoms with E-state index in [0.717, 1.165) is 25.9 Å². The van der Waals surface area contributed by atoms with Crippen LogP contribution in [0.3, 0.4) is 0 Å². The number of phenolic OH excluding ortho intramolecular Hbond substituents is 1. The third-order valence-electron chi connectivity index (χ3n) is 3.55. The fraction of sp³-hybridized carbons (Fsp3) is 0.357. The summed E-state index contributed by atoms with van der Waals surface area (Å²) in [7, 11) is 0. The first kappa shape index (κ1) is 12.2. The van der Waals surface area contributed by atoms with Crippen LogP contribution in [0.5, 0.6) is 5.75 Å². The molecule has 2 aromatic rings. The van der Waals surface area contributed by atoms with Crippen molar-refractivity contribution in [3.8, 4) is 16.9 Å². The van der Waals surface area contributed by atoms with Gasteiger partial charge in [0.2, 0.25) is 0 Å². The molecule has 1 aromatic carbocycles. The number of benzene rings is 1. The fourth-order valence-electron chi connectivity index (χ4n) is 2.48. The van der Waals surface area contributed by atoms with Gasteiger partial charge < -0.3 is 10.4 Å². The van der Waals surface area contributed by atoms with Gasteiger partial charge in [-0.15, -0.1) is 0 Å². The van der Waals surface area contributed by atoms with E-state index >= 15 is 0 Å². The van der Waals surface area contributed by atoms with E-state index in [0.29, 0.717) is 17.2 Å². The summed E-state index contributed by atoms with van der Waals surface area (Å²) in [6.07, 6.45) is 5.57. The summed E-state index contributed by atoms with van der Waals surface area (Å²) in [5.41, 5.74) is 1.09. The Morgan fingerprint density at radius 2 is 2.11 bits per heavy atom. The zero-order valence-electron chi connectivity index (χ0n) is 10.5. The van der Waals surface area contributed by atoms with Crippen LogP contribution in [0.4, 0.5) is 4.39 Å². The van der Waals surface area contributed by atoms with Gasteiger partial charge in [-0.2, -0.15) is 5.10 Å². The lowest BCUT2D eigenvalue weighted by Gasteiger charge is -2.22. The minimum Gasteiger partial charge on any atom is -0.508 e. The Labute approximate surface area is 110 Å². The highest BCUT2D eigenvalue weighted by molar-refractivity contribution is 5.64. The topological polar surface area (TPSA) is 50.1 Å². The molecule has 2 heterocycles. The summed E-state index contributed by atoms with van der Waals surface area (Å²) < 4.78 is 15.7. The molecule has 19 heavy (non-hydrogen) atoms. The van der Waals surface area contributed by atoms with Crippen molar-refractivity contribution in [2.24, 2.45) is 0 Å². The zero-order chi connectivity index (χ0) is 13.2. The Bertz CT molecular complexity index is 576. The predicted octanol–water partition coefficient (Wildman–Crippen LogP) is 2.32. The van der Waals surface area contributed by atoms with Crippen LogP contribution in [0.2, 0.25) is 0 Å². The van der Waals surface area contributed by atoms with Crippen molar-refractivity contribution < 1.29 is 9.50 Å². The molecule has 2 N–H and O–H groups in total. The highest BCUT2D eigenvalue weighted by atomic mass is 19.1. The number of hydrogen-bond donors (Lipinski definition) is 2. The summed E-state index contributed by atoms with van der Waals surface area (Å²) in [6, 6.07) is 4.41. The molecule has 1 saturated heterocycles. The molecule has 3 rings (SSSR count).